The van der Waals surface area contributed by atoms with Crippen LogP contribution in [0.3, 0.4) is 0 Å². The van der Waals surface area contributed by atoms with Crippen molar-refractivity contribution >= 4 is 17.3 Å². The second-order valence-electron chi connectivity index (χ2n) is 5.92. The Hall–Kier alpha value is -1.55. The predicted molar refractivity (Wildman–Crippen MR) is 88.9 cm³/mol. The lowest BCUT2D eigenvalue weighted by atomic mass is 10.1. The molecule has 0 radical (unpaired) electrons. The van der Waals surface area contributed by atoms with Crippen LogP contribution in [0, 0.1) is 6.92 Å². The van der Waals surface area contributed by atoms with Gasteiger partial charge in [0.25, 0.3) is 0 Å². The van der Waals surface area contributed by atoms with Crippen molar-refractivity contribution in [3.63, 3.8) is 0 Å². The standard InChI is InChI=1S/C17H27N3O/c1-4-20-10-5-6-15(9-11-20)19-16-8-7-13(2)17(12-16)18-14(3)21/h7-8,12,15,19H,4-6,9-11H2,1-3H3,(H,18,21). The van der Waals surface area contributed by atoms with Gasteiger partial charge in [0.1, 0.15) is 0 Å². The third-order valence-corrected chi connectivity index (χ3v) is 4.19. The molecule has 0 saturated carbocycles. The van der Waals surface area contributed by atoms with Gasteiger partial charge in [0.2, 0.25) is 5.91 Å². The summed E-state index contributed by atoms with van der Waals surface area (Å²) in [6, 6.07) is 6.72. The molecule has 4 nitrogen and oxygen atoms in total. The van der Waals surface area contributed by atoms with Crippen LogP contribution in [0.1, 0.15) is 38.7 Å². The predicted octanol–water partition coefficient (Wildman–Crippen LogP) is 3.24. The maximum Gasteiger partial charge on any atom is 0.221 e. The number of nitrogens with one attached hydrogen (secondary N) is 2. The molecule has 1 atom stereocenters. The molecule has 2 N–H and O–H groups in total. The normalized spacial score (nSPS) is 19.9. The van der Waals surface area contributed by atoms with Crippen molar-refractivity contribution in [3.8, 4) is 0 Å². The minimum absolute atomic E-state index is 0.0247. The largest absolute Gasteiger partial charge is 0.382 e. The second kappa shape index (κ2) is 7.46. The number of rotatable bonds is 4. The highest BCUT2D eigenvalue weighted by atomic mass is 16.1. The SMILES string of the molecule is CCN1CCCC(Nc2ccc(C)c(NC(C)=O)c2)CC1. The average molecular weight is 289 g/mol. The van der Waals surface area contributed by atoms with Crippen molar-refractivity contribution in [1.82, 2.24) is 4.90 Å². The van der Waals surface area contributed by atoms with Crippen LogP contribution in [0.15, 0.2) is 18.2 Å². The number of nitrogens with zero attached hydrogens (tertiary/aromatic N) is 1. The Morgan fingerprint density at radius 1 is 1.33 bits per heavy atom. The molecular formula is C17H27N3O. The highest BCUT2D eigenvalue weighted by molar-refractivity contribution is 5.90. The summed E-state index contributed by atoms with van der Waals surface area (Å²) in [5.41, 5.74) is 3.09. The van der Waals surface area contributed by atoms with Crippen molar-refractivity contribution < 1.29 is 4.79 Å². The summed E-state index contributed by atoms with van der Waals surface area (Å²) >= 11 is 0. The van der Waals surface area contributed by atoms with Crippen LogP contribution in [0.5, 0.6) is 0 Å². The molecular weight excluding hydrogens is 262 g/mol. The van der Waals surface area contributed by atoms with E-state index in [0.717, 1.165) is 23.5 Å². The fourth-order valence-electron chi connectivity index (χ4n) is 2.89. The highest BCUT2D eigenvalue weighted by Gasteiger charge is 2.16. The van der Waals surface area contributed by atoms with E-state index in [1.165, 1.54) is 32.4 Å². The molecule has 0 bridgehead atoms. The van der Waals surface area contributed by atoms with Crippen LogP contribution in [0.25, 0.3) is 0 Å². The number of benzene rings is 1. The van der Waals surface area contributed by atoms with E-state index in [1.807, 2.05) is 13.0 Å². The molecule has 1 aromatic rings. The number of carbonyl (C=O) groups excluding carboxylic acids is 1. The summed E-state index contributed by atoms with van der Waals surface area (Å²) < 4.78 is 0. The van der Waals surface area contributed by atoms with Crippen LogP contribution >= 0.6 is 0 Å². The first-order valence-corrected chi connectivity index (χ1v) is 7.95. The molecule has 2 rings (SSSR count). The summed E-state index contributed by atoms with van der Waals surface area (Å²) in [4.78, 5) is 13.8. The minimum atomic E-state index is -0.0247. The van der Waals surface area contributed by atoms with Gasteiger partial charge in [-0.1, -0.05) is 13.0 Å². The van der Waals surface area contributed by atoms with E-state index in [1.54, 1.807) is 6.92 Å². The molecule has 1 saturated heterocycles. The van der Waals surface area contributed by atoms with Crippen LogP contribution in [-0.2, 0) is 4.79 Å². The highest BCUT2D eigenvalue weighted by Crippen LogP contribution is 2.23. The Bertz CT molecular complexity index is 487. The Balaban J connectivity index is 2.00. The van der Waals surface area contributed by atoms with Gasteiger partial charge in [-0.15, -0.1) is 0 Å². The zero-order valence-electron chi connectivity index (χ0n) is 13.4. The maximum absolute atomic E-state index is 11.2. The fourth-order valence-corrected chi connectivity index (χ4v) is 2.89. The Morgan fingerprint density at radius 2 is 2.14 bits per heavy atom. The van der Waals surface area contributed by atoms with E-state index in [-0.39, 0.29) is 5.91 Å². The van der Waals surface area contributed by atoms with E-state index < -0.39 is 0 Å². The molecule has 1 unspecified atom stereocenters. The van der Waals surface area contributed by atoms with E-state index in [4.69, 9.17) is 0 Å². The lowest BCUT2D eigenvalue weighted by Crippen LogP contribution is -2.26. The van der Waals surface area contributed by atoms with Crippen molar-refractivity contribution in [1.29, 1.82) is 0 Å². The second-order valence-corrected chi connectivity index (χ2v) is 5.92. The van der Waals surface area contributed by atoms with Gasteiger partial charge < -0.3 is 15.5 Å². The average Bonchev–Trinajstić information content (AvgIpc) is 2.67. The molecule has 4 heteroatoms. The van der Waals surface area contributed by atoms with Gasteiger partial charge in [-0.3, -0.25) is 4.79 Å². The van der Waals surface area contributed by atoms with Gasteiger partial charge in [0.15, 0.2) is 0 Å². The zero-order valence-corrected chi connectivity index (χ0v) is 13.4. The lowest BCUT2D eigenvalue weighted by Gasteiger charge is -2.20. The molecule has 1 aliphatic heterocycles. The number of hydrogen-bond acceptors (Lipinski definition) is 3. The number of hydrogen-bond donors (Lipinski definition) is 2. The molecule has 1 fully saturated rings. The van der Waals surface area contributed by atoms with Crippen molar-refractivity contribution in [2.45, 2.75) is 46.1 Å². The molecule has 1 heterocycles. The first-order valence-electron chi connectivity index (χ1n) is 7.95. The topological polar surface area (TPSA) is 44.4 Å². The lowest BCUT2D eigenvalue weighted by molar-refractivity contribution is -0.114. The van der Waals surface area contributed by atoms with Gasteiger partial charge >= 0.3 is 0 Å². The summed E-state index contributed by atoms with van der Waals surface area (Å²) in [6.45, 7) is 9.31. The van der Waals surface area contributed by atoms with E-state index >= 15 is 0 Å². The Morgan fingerprint density at radius 3 is 2.86 bits per heavy atom. The van der Waals surface area contributed by atoms with Gasteiger partial charge in [-0.25, -0.2) is 0 Å². The molecule has 21 heavy (non-hydrogen) atoms. The van der Waals surface area contributed by atoms with E-state index in [9.17, 15) is 4.79 Å². The minimum Gasteiger partial charge on any atom is -0.382 e. The number of likely N-dealkylation sites (tertiary alicyclic amines) is 1. The van der Waals surface area contributed by atoms with Crippen molar-refractivity contribution in [3.05, 3.63) is 23.8 Å². The van der Waals surface area contributed by atoms with Crippen LogP contribution in [0.4, 0.5) is 11.4 Å². The fraction of sp³-hybridized carbons (Fsp3) is 0.588. The summed E-state index contributed by atoms with van der Waals surface area (Å²) in [6.07, 6.45) is 3.63. The van der Waals surface area contributed by atoms with Gasteiger partial charge in [0.05, 0.1) is 0 Å². The molecule has 1 aliphatic rings. The van der Waals surface area contributed by atoms with Gasteiger partial charge in [0, 0.05) is 30.9 Å². The quantitative estimate of drug-likeness (QED) is 0.894. The van der Waals surface area contributed by atoms with Crippen LogP contribution in [0.2, 0.25) is 0 Å². The van der Waals surface area contributed by atoms with Crippen LogP contribution in [-0.4, -0.2) is 36.5 Å². The van der Waals surface area contributed by atoms with Crippen molar-refractivity contribution in [2.24, 2.45) is 0 Å². The van der Waals surface area contributed by atoms with E-state index in [0.29, 0.717) is 6.04 Å². The molecule has 0 aromatic heterocycles. The number of carbonyl (C=O) groups is 1. The zero-order chi connectivity index (χ0) is 15.2. The van der Waals surface area contributed by atoms with E-state index in [2.05, 4.69) is 34.6 Å². The first-order chi connectivity index (χ1) is 10.1. The third kappa shape index (κ3) is 4.74. The smallest absolute Gasteiger partial charge is 0.221 e. The number of anilines is 2. The summed E-state index contributed by atoms with van der Waals surface area (Å²) in [5, 5.41) is 6.52. The summed E-state index contributed by atoms with van der Waals surface area (Å²) in [7, 11) is 0. The molecule has 116 valence electrons. The Kier molecular flexibility index (Phi) is 5.62. The first kappa shape index (κ1) is 15.8. The Labute approximate surface area is 127 Å². The molecule has 1 amide bonds. The number of aryl methyl sites for hydroxylation is 1. The van der Waals surface area contributed by atoms with Crippen LogP contribution < -0.4 is 10.6 Å². The third-order valence-electron chi connectivity index (χ3n) is 4.19. The molecule has 0 spiro atoms. The van der Waals surface area contributed by atoms with Crippen molar-refractivity contribution in [2.75, 3.05) is 30.3 Å². The summed E-state index contributed by atoms with van der Waals surface area (Å²) in [5.74, 6) is -0.0247. The van der Waals surface area contributed by atoms with Gasteiger partial charge in [-0.2, -0.15) is 0 Å². The monoisotopic (exact) mass is 289 g/mol. The molecule has 1 aromatic carbocycles. The number of amides is 1. The van der Waals surface area contributed by atoms with Gasteiger partial charge in [-0.05, 0) is 57.0 Å². The maximum atomic E-state index is 11.2. The molecule has 0 aliphatic carbocycles.